The van der Waals surface area contributed by atoms with Gasteiger partial charge in [0.1, 0.15) is 5.02 Å². The molecule has 1 unspecified atom stereocenters. The fraction of sp³-hybridized carbons (Fsp3) is 0.263. The highest BCUT2D eigenvalue weighted by Gasteiger charge is 2.34. The number of nitro benzene ring substituents is 1. The SMILES string of the molecule is O=C(Nc1ccc(Cl)c([N+](=O)[O-])c1)C1CC(=O)N(Cc2ccc3c(c2)OCO3)C1. The lowest BCUT2D eigenvalue weighted by molar-refractivity contribution is -0.384. The molecule has 0 aliphatic carbocycles. The summed E-state index contributed by atoms with van der Waals surface area (Å²) >= 11 is 5.78. The van der Waals surface area contributed by atoms with E-state index >= 15 is 0 Å². The molecule has 0 bridgehead atoms. The van der Waals surface area contributed by atoms with Crippen LogP contribution in [0.25, 0.3) is 0 Å². The lowest BCUT2D eigenvalue weighted by Crippen LogP contribution is -2.28. The van der Waals surface area contributed by atoms with Crippen molar-refractivity contribution >= 4 is 34.8 Å². The Kier molecular flexibility index (Phi) is 4.98. The Hall–Kier alpha value is -3.33. The molecule has 4 rings (SSSR count). The van der Waals surface area contributed by atoms with E-state index in [4.69, 9.17) is 21.1 Å². The molecule has 2 amide bonds. The summed E-state index contributed by atoms with van der Waals surface area (Å²) in [5.41, 5.74) is 0.834. The number of benzene rings is 2. The quantitative estimate of drug-likeness (QED) is 0.591. The van der Waals surface area contributed by atoms with Gasteiger partial charge in [0, 0.05) is 31.3 Å². The van der Waals surface area contributed by atoms with Gasteiger partial charge in [-0.3, -0.25) is 19.7 Å². The van der Waals surface area contributed by atoms with Crippen LogP contribution >= 0.6 is 11.6 Å². The van der Waals surface area contributed by atoms with E-state index in [-0.39, 0.29) is 48.0 Å². The fourth-order valence-electron chi connectivity index (χ4n) is 3.33. The molecule has 2 aromatic rings. The first-order chi connectivity index (χ1) is 13.9. The van der Waals surface area contributed by atoms with Crippen LogP contribution in [0.4, 0.5) is 11.4 Å². The van der Waals surface area contributed by atoms with Crippen LogP contribution in [0.5, 0.6) is 11.5 Å². The van der Waals surface area contributed by atoms with E-state index in [1.807, 2.05) is 12.1 Å². The summed E-state index contributed by atoms with van der Waals surface area (Å²) in [6, 6.07) is 9.48. The summed E-state index contributed by atoms with van der Waals surface area (Å²) in [6.45, 7) is 0.785. The highest BCUT2D eigenvalue weighted by Crippen LogP contribution is 2.33. The molecule has 2 aliphatic heterocycles. The third-order valence-electron chi connectivity index (χ3n) is 4.81. The monoisotopic (exact) mass is 417 g/mol. The number of hydrogen-bond donors (Lipinski definition) is 1. The molecule has 0 saturated carbocycles. The van der Waals surface area contributed by atoms with Crippen molar-refractivity contribution in [3.8, 4) is 11.5 Å². The Morgan fingerprint density at radius 1 is 1.24 bits per heavy atom. The van der Waals surface area contributed by atoms with Crippen LogP contribution in [0.3, 0.4) is 0 Å². The number of ether oxygens (including phenoxy) is 2. The fourth-order valence-corrected chi connectivity index (χ4v) is 3.52. The average Bonchev–Trinajstić information content (AvgIpc) is 3.29. The highest BCUT2D eigenvalue weighted by molar-refractivity contribution is 6.32. The number of carbonyl (C=O) groups is 2. The molecule has 29 heavy (non-hydrogen) atoms. The Morgan fingerprint density at radius 3 is 2.83 bits per heavy atom. The van der Waals surface area contributed by atoms with Gasteiger partial charge in [-0.1, -0.05) is 17.7 Å². The average molecular weight is 418 g/mol. The van der Waals surface area contributed by atoms with Crippen molar-refractivity contribution in [2.75, 3.05) is 18.7 Å². The van der Waals surface area contributed by atoms with Crippen LogP contribution in [0.15, 0.2) is 36.4 Å². The van der Waals surface area contributed by atoms with Crippen LogP contribution < -0.4 is 14.8 Å². The topological polar surface area (TPSA) is 111 Å². The summed E-state index contributed by atoms with van der Waals surface area (Å²) in [5, 5.41) is 13.6. The number of amides is 2. The second-order valence-corrected chi connectivity index (χ2v) is 7.18. The Labute approximate surface area is 170 Å². The van der Waals surface area contributed by atoms with Crippen molar-refractivity contribution in [1.29, 1.82) is 0 Å². The minimum absolute atomic E-state index is 0.0149. The van der Waals surface area contributed by atoms with Crippen molar-refractivity contribution in [2.45, 2.75) is 13.0 Å². The van der Waals surface area contributed by atoms with E-state index in [0.717, 1.165) is 5.56 Å². The predicted molar refractivity (Wildman–Crippen MR) is 103 cm³/mol. The normalized spacial score (nSPS) is 17.5. The van der Waals surface area contributed by atoms with E-state index in [2.05, 4.69) is 5.32 Å². The van der Waals surface area contributed by atoms with Crippen LogP contribution in [0.2, 0.25) is 5.02 Å². The standard InChI is InChI=1S/C19H16ClN3O6/c20-14-3-2-13(7-15(14)23(26)27)21-19(25)12-6-18(24)22(9-12)8-11-1-4-16-17(5-11)29-10-28-16/h1-5,7,12H,6,8-10H2,(H,21,25). The van der Waals surface area contributed by atoms with Gasteiger partial charge in [0.25, 0.3) is 5.69 Å². The maximum Gasteiger partial charge on any atom is 0.289 e. The van der Waals surface area contributed by atoms with E-state index in [9.17, 15) is 19.7 Å². The third-order valence-corrected chi connectivity index (χ3v) is 5.13. The van der Waals surface area contributed by atoms with Gasteiger partial charge < -0.3 is 19.7 Å². The van der Waals surface area contributed by atoms with Gasteiger partial charge in [-0.25, -0.2) is 0 Å². The van der Waals surface area contributed by atoms with Gasteiger partial charge in [-0.05, 0) is 29.8 Å². The van der Waals surface area contributed by atoms with E-state index in [0.29, 0.717) is 18.0 Å². The predicted octanol–water partition coefficient (Wildman–Crippen LogP) is 2.96. The van der Waals surface area contributed by atoms with Crippen molar-refractivity contribution in [3.05, 3.63) is 57.1 Å². The zero-order valence-corrected chi connectivity index (χ0v) is 15.8. The summed E-state index contributed by atoms with van der Waals surface area (Å²) in [7, 11) is 0. The van der Waals surface area contributed by atoms with Crippen molar-refractivity contribution in [1.82, 2.24) is 4.90 Å². The summed E-state index contributed by atoms with van der Waals surface area (Å²) in [5.74, 6) is 0.239. The molecular weight excluding hydrogens is 402 g/mol. The van der Waals surface area contributed by atoms with Crippen LogP contribution in [0.1, 0.15) is 12.0 Å². The molecule has 2 aromatic carbocycles. The van der Waals surface area contributed by atoms with Gasteiger partial charge >= 0.3 is 0 Å². The number of carbonyl (C=O) groups excluding carboxylic acids is 2. The van der Waals surface area contributed by atoms with E-state index < -0.39 is 10.8 Å². The summed E-state index contributed by atoms with van der Waals surface area (Å²) in [4.78, 5) is 36.9. The molecule has 1 N–H and O–H groups in total. The Bertz CT molecular complexity index is 1010. The molecule has 2 aliphatic rings. The number of fused-ring (bicyclic) bond motifs is 1. The van der Waals surface area contributed by atoms with Crippen LogP contribution in [-0.2, 0) is 16.1 Å². The number of rotatable bonds is 5. The number of likely N-dealkylation sites (tertiary alicyclic amines) is 1. The molecule has 1 saturated heterocycles. The van der Waals surface area contributed by atoms with Gasteiger partial charge in [-0.15, -0.1) is 0 Å². The molecule has 2 heterocycles. The molecule has 10 heteroatoms. The number of nitro groups is 1. The number of anilines is 1. The van der Waals surface area contributed by atoms with Crippen LogP contribution in [-0.4, -0.2) is 35.0 Å². The first-order valence-electron chi connectivity index (χ1n) is 8.82. The third kappa shape index (κ3) is 3.95. The maximum absolute atomic E-state index is 12.5. The zero-order chi connectivity index (χ0) is 20.5. The van der Waals surface area contributed by atoms with Crippen molar-refractivity contribution in [2.24, 2.45) is 5.92 Å². The second-order valence-electron chi connectivity index (χ2n) is 6.78. The second kappa shape index (κ2) is 7.59. The van der Waals surface area contributed by atoms with Crippen molar-refractivity contribution in [3.63, 3.8) is 0 Å². The molecule has 0 spiro atoms. The molecule has 0 radical (unpaired) electrons. The maximum atomic E-state index is 12.5. The summed E-state index contributed by atoms with van der Waals surface area (Å²) in [6.07, 6.45) is 0.0755. The van der Waals surface area contributed by atoms with E-state index in [1.54, 1.807) is 11.0 Å². The first-order valence-corrected chi connectivity index (χ1v) is 9.19. The largest absolute Gasteiger partial charge is 0.454 e. The highest BCUT2D eigenvalue weighted by atomic mass is 35.5. The van der Waals surface area contributed by atoms with E-state index in [1.165, 1.54) is 18.2 Å². The number of nitrogens with zero attached hydrogens (tertiary/aromatic N) is 2. The number of nitrogens with one attached hydrogen (secondary N) is 1. The Morgan fingerprint density at radius 2 is 2.03 bits per heavy atom. The minimum atomic E-state index is -0.621. The lowest BCUT2D eigenvalue weighted by Gasteiger charge is -2.17. The zero-order valence-electron chi connectivity index (χ0n) is 15.1. The van der Waals surface area contributed by atoms with Gasteiger partial charge in [-0.2, -0.15) is 0 Å². The van der Waals surface area contributed by atoms with Gasteiger partial charge in [0.15, 0.2) is 11.5 Å². The van der Waals surface area contributed by atoms with Gasteiger partial charge in [0.05, 0.1) is 10.8 Å². The first kappa shape index (κ1) is 19.0. The number of hydrogen-bond acceptors (Lipinski definition) is 6. The van der Waals surface area contributed by atoms with Crippen LogP contribution in [0, 0.1) is 16.0 Å². The summed E-state index contributed by atoms with van der Waals surface area (Å²) < 4.78 is 10.6. The minimum Gasteiger partial charge on any atom is -0.454 e. The Balaban J connectivity index is 1.40. The van der Waals surface area contributed by atoms with Gasteiger partial charge in [0.2, 0.25) is 18.6 Å². The smallest absolute Gasteiger partial charge is 0.289 e. The molecule has 150 valence electrons. The molecule has 9 nitrogen and oxygen atoms in total. The molecule has 1 atom stereocenters. The molecule has 1 fully saturated rings. The lowest BCUT2D eigenvalue weighted by atomic mass is 10.1. The van der Waals surface area contributed by atoms with Crippen molar-refractivity contribution < 1.29 is 24.0 Å². The number of halogens is 1. The molecular formula is C19H16ClN3O6. The molecule has 0 aromatic heterocycles.